The molecule has 1 aromatic carbocycles. The maximum atomic E-state index is 5.68. The van der Waals surface area contributed by atoms with Gasteiger partial charge < -0.3 is 10.7 Å². The summed E-state index contributed by atoms with van der Waals surface area (Å²) in [4.78, 5) is 6.39. The van der Waals surface area contributed by atoms with Crippen molar-refractivity contribution in [3.63, 3.8) is 0 Å². The zero-order chi connectivity index (χ0) is 15.7. The fourth-order valence-electron chi connectivity index (χ4n) is 3.19. The Kier molecular flexibility index (Phi) is 4.37. The molecule has 3 heteroatoms. The molecule has 0 amide bonds. The van der Waals surface area contributed by atoms with Crippen molar-refractivity contribution in [3.05, 3.63) is 45.8 Å². The van der Waals surface area contributed by atoms with E-state index in [-0.39, 0.29) is 0 Å². The van der Waals surface area contributed by atoms with Gasteiger partial charge in [-0.05, 0) is 75.9 Å². The maximum Gasteiger partial charge on any atom is 0.0598 e. The zero-order valence-electron chi connectivity index (χ0n) is 13.6. The highest BCUT2D eigenvalue weighted by atomic mass is 32.1. The van der Waals surface area contributed by atoms with E-state index in [2.05, 4.69) is 50.0 Å². The largest absolute Gasteiger partial charge is 0.353 e. The number of aryl methyl sites for hydroxylation is 4. The van der Waals surface area contributed by atoms with Crippen LogP contribution in [0.1, 0.15) is 34.4 Å². The van der Waals surface area contributed by atoms with Crippen LogP contribution in [0.15, 0.2) is 24.3 Å². The van der Waals surface area contributed by atoms with Crippen LogP contribution in [0.5, 0.6) is 0 Å². The lowest BCUT2D eigenvalue weighted by molar-refractivity contribution is 0.748. The van der Waals surface area contributed by atoms with Crippen molar-refractivity contribution < 1.29 is 0 Å². The topological polar surface area (TPSA) is 41.8 Å². The standard InChI is InChI=1S/C19H24N2S/c1-12-10-13(2)18-16(11-12)15(6-4-5-9-20)19(21-18)17-8-7-14(3)22-17/h7-8,10-11,21H,4-6,9,20H2,1-3H3. The minimum atomic E-state index is 0.772. The number of hydrogen-bond acceptors (Lipinski definition) is 2. The molecule has 3 N–H and O–H groups in total. The summed E-state index contributed by atoms with van der Waals surface area (Å²) >= 11 is 1.86. The van der Waals surface area contributed by atoms with Gasteiger partial charge in [-0.25, -0.2) is 0 Å². The molecule has 0 saturated heterocycles. The number of nitrogens with one attached hydrogen (secondary N) is 1. The fourth-order valence-corrected chi connectivity index (χ4v) is 4.09. The number of nitrogens with two attached hydrogens (primary N) is 1. The van der Waals surface area contributed by atoms with Crippen molar-refractivity contribution in [3.8, 4) is 10.6 Å². The van der Waals surface area contributed by atoms with Crippen molar-refractivity contribution in [2.24, 2.45) is 5.73 Å². The number of unbranched alkanes of at least 4 members (excludes halogenated alkanes) is 1. The first-order chi connectivity index (χ1) is 10.6. The van der Waals surface area contributed by atoms with Crippen LogP contribution in [0.25, 0.3) is 21.5 Å². The summed E-state index contributed by atoms with van der Waals surface area (Å²) < 4.78 is 0. The summed E-state index contributed by atoms with van der Waals surface area (Å²) in [5, 5.41) is 1.38. The molecule has 0 fully saturated rings. The molecule has 0 radical (unpaired) electrons. The Bertz CT molecular complexity index is 795. The molecule has 0 aliphatic carbocycles. The van der Waals surface area contributed by atoms with Crippen molar-refractivity contribution >= 4 is 22.2 Å². The van der Waals surface area contributed by atoms with E-state index in [1.807, 2.05) is 11.3 Å². The van der Waals surface area contributed by atoms with Crippen LogP contribution in [-0.2, 0) is 6.42 Å². The van der Waals surface area contributed by atoms with Crippen LogP contribution in [-0.4, -0.2) is 11.5 Å². The third-order valence-electron chi connectivity index (χ3n) is 4.22. The number of hydrogen-bond donors (Lipinski definition) is 2. The van der Waals surface area contributed by atoms with Crippen LogP contribution in [0, 0.1) is 20.8 Å². The Balaban J connectivity index is 2.16. The van der Waals surface area contributed by atoms with Crippen LogP contribution >= 0.6 is 11.3 Å². The van der Waals surface area contributed by atoms with E-state index in [0.717, 1.165) is 25.8 Å². The molecule has 0 saturated carbocycles. The Hall–Kier alpha value is -1.58. The molecule has 0 atom stereocenters. The lowest BCUT2D eigenvalue weighted by Crippen LogP contribution is -1.99. The smallest absolute Gasteiger partial charge is 0.0598 e. The van der Waals surface area contributed by atoms with Crippen molar-refractivity contribution in [1.82, 2.24) is 4.98 Å². The Morgan fingerprint density at radius 3 is 2.59 bits per heavy atom. The highest BCUT2D eigenvalue weighted by Crippen LogP contribution is 2.36. The minimum absolute atomic E-state index is 0.772. The zero-order valence-corrected chi connectivity index (χ0v) is 14.4. The number of fused-ring (bicyclic) bond motifs is 1. The van der Waals surface area contributed by atoms with Crippen molar-refractivity contribution in [2.45, 2.75) is 40.0 Å². The molecule has 22 heavy (non-hydrogen) atoms. The van der Waals surface area contributed by atoms with Gasteiger partial charge in [0.15, 0.2) is 0 Å². The average molecular weight is 312 g/mol. The van der Waals surface area contributed by atoms with Crippen LogP contribution < -0.4 is 5.73 Å². The summed E-state index contributed by atoms with van der Waals surface area (Å²) in [6, 6.07) is 9.01. The normalized spacial score (nSPS) is 11.5. The maximum absolute atomic E-state index is 5.68. The number of aromatic amines is 1. The third-order valence-corrected chi connectivity index (χ3v) is 5.24. The summed E-state index contributed by atoms with van der Waals surface area (Å²) in [5.74, 6) is 0. The second-order valence-corrected chi connectivity index (χ2v) is 7.43. The van der Waals surface area contributed by atoms with E-state index in [4.69, 9.17) is 5.73 Å². The van der Waals surface area contributed by atoms with E-state index in [9.17, 15) is 0 Å². The second kappa shape index (κ2) is 6.27. The van der Waals surface area contributed by atoms with Crippen molar-refractivity contribution in [2.75, 3.05) is 6.54 Å². The predicted molar refractivity (Wildman–Crippen MR) is 97.8 cm³/mol. The quantitative estimate of drug-likeness (QED) is 0.632. The number of aromatic nitrogens is 1. The first-order valence-corrected chi connectivity index (χ1v) is 8.80. The highest BCUT2D eigenvalue weighted by molar-refractivity contribution is 7.15. The lowest BCUT2D eigenvalue weighted by atomic mass is 10.0. The summed E-state index contributed by atoms with van der Waals surface area (Å²) in [5.41, 5.74) is 12.4. The SMILES string of the molecule is Cc1cc(C)c2[nH]c(-c3ccc(C)s3)c(CCCCN)c2c1. The van der Waals surface area contributed by atoms with Gasteiger partial charge in [0.05, 0.1) is 10.6 Å². The molecule has 0 aliphatic rings. The van der Waals surface area contributed by atoms with Crippen molar-refractivity contribution in [1.29, 1.82) is 0 Å². The van der Waals surface area contributed by atoms with Crippen LogP contribution in [0.3, 0.4) is 0 Å². The molecule has 0 unspecified atom stereocenters. The molecular weight excluding hydrogens is 288 g/mol. The van der Waals surface area contributed by atoms with Gasteiger partial charge >= 0.3 is 0 Å². The van der Waals surface area contributed by atoms with Gasteiger partial charge in [0, 0.05) is 15.8 Å². The van der Waals surface area contributed by atoms with Gasteiger partial charge in [0.1, 0.15) is 0 Å². The van der Waals surface area contributed by atoms with Gasteiger partial charge in [-0.3, -0.25) is 0 Å². The molecule has 3 aromatic rings. The van der Waals surface area contributed by atoms with Crippen LogP contribution in [0.2, 0.25) is 0 Å². The minimum Gasteiger partial charge on any atom is -0.353 e. The Morgan fingerprint density at radius 1 is 1.09 bits per heavy atom. The van der Waals surface area contributed by atoms with E-state index < -0.39 is 0 Å². The summed E-state index contributed by atoms with van der Waals surface area (Å²) in [7, 11) is 0. The molecule has 0 spiro atoms. The molecule has 0 bridgehead atoms. The van der Waals surface area contributed by atoms with Gasteiger partial charge in [0.2, 0.25) is 0 Å². The molecule has 0 aliphatic heterocycles. The van der Waals surface area contributed by atoms with E-state index in [1.54, 1.807) is 0 Å². The molecule has 2 nitrogen and oxygen atoms in total. The summed E-state index contributed by atoms with van der Waals surface area (Å²) in [6.07, 6.45) is 3.32. The number of rotatable bonds is 5. The molecule has 3 rings (SSSR count). The van der Waals surface area contributed by atoms with E-state index in [1.165, 1.54) is 43.0 Å². The predicted octanol–water partition coefficient (Wildman–Crippen LogP) is 5.10. The van der Waals surface area contributed by atoms with Gasteiger partial charge in [-0.2, -0.15) is 0 Å². The third kappa shape index (κ3) is 2.83. The van der Waals surface area contributed by atoms with Gasteiger partial charge in [0.25, 0.3) is 0 Å². The Morgan fingerprint density at radius 2 is 1.91 bits per heavy atom. The average Bonchev–Trinajstić information content (AvgIpc) is 3.04. The van der Waals surface area contributed by atoms with Gasteiger partial charge in [-0.15, -0.1) is 11.3 Å². The fraction of sp³-hybridized carbons (Fsp3) is 0.368. The summed E-state index contributed by atoms with van der Waals surface area (Å²) in [6.45, 7) is 7.31. The number of H-pyrrole nitrogens is 1. The van der Waals surface area contributed by atoms with E-state index in [0.29, 0.717) is 0 Å². The number of thiophene rings is 1. The highest BCUT2D eigenvalue weighted by Gasteiger charge is 2.15. The Labute approximate surface area is 136 Å². The van der Waals surface area contributed by atoms with E-state index >= 15 is 0 Å². The first kappa shape index (κ1) is 15.3. The van der Waals surface area contributed by atoms with Gasteiger partial charge in [-0.1, -0.05) is 11.6 Å². The molecule has 2 heterocycles. The molecular formula is C19H24N2S. The molecule has 2 aromatic heterocycles. The second-order valence-electron chi connectivity index (χ2n) is 6.14. The first-order valence-electron chi connectivity index (χ1n) is 7.99. The monoisotopic (exact) mass is 312 g/mol. The molecule has 116 valence electrons. The lowest BCUT2D eigenvalue weighted by Gasteiger charge is -2.04. The number of benzene rings is 1. The van der Waals surface area contributed by atoms with Crippen LogP contribution in [0.4, 0.5) is 0 Å².